The zero-order chi connectivity index (χ0) is 24.1. The number of carbonyl (C=O) groups excluding carboxylic acids is 1. The van der Waals surface area contributed by atoms with E-state index in [4.69, 9.17) is 0 Å². The van der Waals surface area contributed by atoms with E-state index in [1.54, 1.807) is 56.3 Å². The first-order valence-electron chi connectivity index (χ1n) is 11.0. The molecule has 3 rings (SSSR count). The van der Waals surface area contributed by atoms with Gasteiger partial charge in [-0.1, -0.05) is 37.6 Å². The standard InChI is InChI=1S/C25H31N3O4S/c1-4-5-16-26-22-10-6-9-21-20(22)8-7-11-23(21)33(31,32)28-19-14-12-18(13-15-19)27-24(30)25(2,3)17-29/h6-15,26,28-29H,4-5,16-17H2,1-3H3,(H,27,30). The van der Waals surface area contributed by atoms with Crippen molar-refractivity contribution in [1.29, 1.82) is 0 Å². The van der Waals surface area contributed by atoms with Gasteiger partial charge >= 0.3 is 0 Å². The number of aliphatic hydroxyl groups excluding tert-OH is 1. The van der Waals surface area contributed by atoms with Crippen molar-refractivity contribution in [2.45, 2.75) is 38.5 Å². The normalized spacial score (nSPS) is 11.9. The van der Waals surface area contributed by atoms with Crippen LogP contribution < -0.4 is 15.4 Å². The van der Waals surface area contributed by atoms with Crippen LogP contribution in [0.1, 0.15) is 33.6 Å². The zero-order valence-corrected chi connectivity index (χ0v) is 20.0. The molecule has 0 aliphatic heterocycles. The summed E-state index contributed by atoms with van der Waals surface area (Å²) in [6.45, 7) is 5.94. The number of fused-ring (bicyclic) bond motifs is 1. The summed E-state index contributed by atoms with van der Waals surface area (Å²) in [5.41, 5.74) is 0.878. The molecule has 0 saturated carbocycles. The van der Waals surface area contributed by atoms with E-state index in [0.29, 0.717) is 16.8 Å². The molecule has 0 spiro atoms. The quantitative estimate of drug-likeness (QED) is 0.319. The molecule has 0 atom stereocenters. The fraction of sp³-hybridized carbons (Fsp3) is 0.320. The highest BCUT2D eigenvalue weighted by Crippen LogP contribution is 2.30. The summed E-state index contributed by atoms with van der Waals surface area (Å²) in [5.74, 6) is -0.322. The number of nitrogens with one attached hydrogen (secondary N) is 3. The van der Waals surface area contributed by atoms with Crippen molar-refractivity contribution in [3.05, 3.63) is 60.7 Å². The van der Waals surface area contributed by atoms with Gasteiger partial charge in [0.25, 0.3) is 10.0 Å². The Bertz CT molecular complexity index is 1220. The summed E-state index contributed by atoms with van der Waals surface area (Å²) in [4.78, 5) is 12.4. The van der Waals surface area contributed by atoms with E-state index in [2.05, 4.69) is 22.3 Å². The molecule has 0 aliphatic carbocycles. The van der Waals surface area contributed by atoms with E-state index in [9.17, 15) is 18.3 Å². The van der Waals surface area contributed by atoms with Crippen LogP contribution in [-0.2, 0) is 14.8 Å². The highest BCUT2D eigenvalue weighted by Gasteiger charge is 2.26. The second kappa shape index (κ2) is 10.2. The van der Waals surface area contributed by atoms with Crippen LogP contribution in [0.4, 0.5) is 17.1 Å². The molecule has 0 heterocycles. The molecule has 3 aromatic carbocycles. The van der Waals surface area contributed by atoms with Gasteiger partial charge in [0, 0.05) is 34.4 Å². The highest BCUT2D eigenvalue weighted by atomic mass is 32.2. The average molecular weight is 470 g/mol. The van der Waals surface area contributed by atoms with Crippen LogP contribution in [-0.4, -0.2) is 32.6 Å². The van der Waals surface area contributed by atoms with Gasteiger partial charge in [0.1, 0.15) is 0 Å². The van der Waals surface area contributed by atoms with Crippen molar-refractivity contribution in [3.8, 4) is 0 Å². The molecular weight excluding hydrogens is 438 g/mol. The van der Waals surface area contributed by atoms with Crippen molar-refractivity contribution < 1.29 is 18.3 Å². The van der Waals surface area contributed by atoms with Crippen molar-refractivity contribution in [2.24, 2.45) is 5.41 Å². The number of hydrogen-bond donors (Lipinski definition) is 4. The van der Waals surface area contributed by atoms with Gasteiger partial charge in [-0.15, -0.1) is 0 Å². The Hall–Kier alpha value is -3.10. The number of carbonyl (C=O) groups is 1. The number of rotatable bonds is 10. The Morgan fingerprint density at radius 3 is 2.24 bits per heavy atom. The molecule has 0 unspecified atom stereocenters. The summed E-state index contributed by atoms with van der Waals surface area (Å²) in [5, 5.41) is 16.9. The Morgan fingerprint density at radius 1 is 0.939 bits per heavy atom. The first-order valence-corrected chi connectivity index (χ1v) is 12.5. The van der Waals surface area contributed by atoms with Gasteiger partial charge < -0.3 is 15.7 Å². The SMILES string of the molecule is CCCCNc1cccc2c(S(=O)(=O)Nc3ccc(NC(=O)C(C)(C)CO)cc3)cccc12. The lowest BCUT2D eigenvalue weighted by Gasteiger charge is -2.20. The number of aliphatic hydroxyl groups is 1. The number of sulfonamides is 1. The minimum absolute atomic E-state index is 0.196. The fourth-order valence-electron chi connectivity index (χ4n) is 3.27. The minimum atomic E-state index is -3.84. The third kappa shape index (κ3) is 5.83. The lowest BCUT2D eigenvalue weighted by atomic mass is 9.93. The summed E-state index contributed by atoms with van der Waals surface area (Å²) >= 11 is 0. The van der Waals surface area contributed by atoms with Gasteiger partial charge in [0.2, 0.25) is 5.91 Å². The predicted molar refractivity (Wildman–Crippen MR) is 134 cm³/mol. The van der Waals surface area contributed by atoms with Gasteiger partial charge in [-0.3, -0.25) is 9.52 Å². The van der Waals surface area contributed by atoms with Crippen LogP contribution in [0.2, 0.25) is 0 Å². The van der Waals surface area contributed by atoms with Crippen molar-refractivity contribution >= 4 is 43.8 Å². The van der Waals surface area contributed by atoms with Gasteiger partial charge in [-0.25, -0.2) is 8.42 Å². The number of amides is 1. The van der Waals surface area contributed by atoms with E-state index in [1.165, 1.54) is 0 Å². The third-order valence-corrected chi connectivity index (χ3v) is 6.86. The van der Waals surface area contributed by atoms with Crippen LogP contribution in [0.5, 0.6) is 0 Å². The van der Waals surface area contributed by atoms with Gasteiger partial charge in [-0.2, -0.15) is 0 Å². The zero-order valence-electron chi connectivity index (χ0n) is 19.2. The second-order valence-corrected chi connectivity index (χ2v) is 10.3. The molecule has 0 fully saturated rings. The second-order valence-electron chi connectivity index (χ2n) is 8.62. The van der Waals surface area contributed by atoms with E-state index < -0.39 is 15.4 Å². The summed E-state index contributed by atoms with van der Waals surface area (Å²) in [7, 11) is -3.84. The van der Waals surface area contributed by atoms with E-state index in [0.717, 1.165) is 30.5 Å². The Balaban J connectivity index is 1.82. The molecule has 0 bridgehead atoms. The predicted octanol–water partition coefficient (Wildman–Crippen LogP) is 4.81. The maximum atomic E-state index is 13.2. The molecule has 1 amide bonds. The summed E-state index contributed by atoms with van der Waals surface area (Å²) in [6.07, 6.45) is 2.10. The van der Waals surface area contributed by atoms with Crippen LogP contribution >= 0.6 is 0 Å². The largest absolute Gasteiger partial charge is 0.395 e. The number of anilines is 3. The number of hydrogen-bond acceptors (Lipinski definition) is 5. The maximum Gasteiger partial charge on any atom is 0.262 e. The lowest BCUT2D eigenvalue weighted by molar-refractivity contribution is -0.125. The lowest BCUT2D eigenvalue weighted by Crippen LogP contribution is -2.33. The first kappa shape index (κ1) is 24.5. The highest BCUT2D eigenvalue weighted by molar-refractivity contribution is 7.93. The first-order chi connectivity index (χ1) is 15.7. The van der Waals surface area contributed by atoms with E-state index >= 15 is 0 Å². The van der Waals surface area contributed by atoms with Crippen LogP contribution in [0.3, 0.4) is 0 Å². The number of benzene rings is 3. The van der Waals surface area contributed by atoms with Crippen molar-refractivity contribution in [2.75, 3.05) is 28.5 Å². The smallest absolute Gasteiger partial charge is 0.262 e. The molecule has 4 N–H and O–H groups in total. The average Bonchev–Trinajstić information content (AvgIpc) is 2.80. The Kier molecular flexibility index (Phi) is 7.61. The van der Waals surface area contributed by atoms with Crippen LogP contribution in [0.15, 0.2) is 65.6 Å². The van der Waals surface area contributed by atoms with Gasteiger partial charge in [0.15, 0.2) is 0 Å². The molecule has 0 saturated heterocycles. The van der Waals surface area contributed by atoms with Crippen molar-refractivity contribution in [3.63, 3.8) is 0 Å². The van der Waals surface area contributed by atoms with Crippen molar-refractivity contribution in [1.82, 2.24) is 0 Å². The molecule has 176 valence electrons. The molecular formula is C25H31N3O4S. The monoisotopic (exact) mass is 469 g/mol. The molecule has 0 radical (unpaired) electrons. The third-order valence-electron chi connectivity index (χ3n) is 5.42. The van der Waals surface area contributed by atoms with Crippen LogP contribution in [0.25, 0.3) is 10.8 Å². The van der Waals surface area contributed by atoms with Gasteiger partial charge in [-0.05, 0) is 56.7 Å². The van der Waals surface area contributed by atoms with Crippen LogP contribution in [0, 0.1) is 5.41 Å². The molecule has 3 aromatic rings. The fourth-order valence-corrected chi connectivity index (χ4v) is 4.55. The minimum Gasteiger partial charge on any atom is -0.395 e. The maximum absolute atomic E-state index is 13.2. The molecule has 7 nitrogen and oxygen atoms in total. The summed E-state index contributed by atoms with van der Waals surface area (Å²) < 4.78 is 29.0. The summed E-state index contributed by atoms with van der Waals surface area (Å²) in [6, 6.07) is 17.2. The topological polar surface area (TPSA) is 108 Å². The number of unbranched alkanes of at least 4 members (excludes halogenated alkanes) is 1. The molecule has 0 aliphatic rings. The molecule has 0 aromatic heterocycles. The Morgan fingerprint density at radius 2 is 1.58 bits per heavy atom. The van der Waals surface area contributed by atoms with E-state index in [1.807, 2.05) is 18.2 Å². The van der Waals surface area contributed by atoms with E-state index in [-0.39, 0.29) is 17.4 Å². The van der Waals surface area contributed by atoms with Gasteiger partial charge in [0.05, 0.1) is 16.9 Å². The molecule has 8 heteroatoms. The Labute approximate surface area is 195 Å². The molecule has 33 heavy (non-hydrogen) atoms.